The zero-order chi connectivity index (χ0) is 18.8. The van der Waals surface area contributed by atoms with E-state index >= 15 is 0 Å². The molecule has 1 fully saturated rings. The Morgan fingerprint density at radius 2 is 2.04 bits per heavy atom. The summed E-state index contributed by atoms with van der Waals surface area (Å²) in [5.41, 5.74) is -1.54. The number of benzene rings is 1. The lowest BCUT2D eigenvalue weighted by Crippen LogP contribution is -2.29. The highest BCUT2D eigenvalue weighted by Crippen LogP contribution is 2.37. The highest BCUT2D eigenvalue weighted by Gasteiger charge is 2.35. The van der Waals surface area contributed by atoms with Crippen molar-refractivity contribution in [2.24, 2.45) is 0 Å². The molecule has 1 heterocycles. The van der Waals surface area contributed by atoms with Gasteiger partial charge in [0.05, 0.1) is 10.5 Å². The van der Waals surface area contributed by atoms with Gasteiger partial charge in [0.1, 0.15) is 10.1 Å². The van der Waals surface area contributed by atoms with E-state index in [4.69, 9.17) is 17.3 Å². The fourth-order valence-corrected chi connectivity index (χ4v) is 3.42. The highest BCUT2D eigenvalue weighted by molar-refractivity contribution is 8.26. The van der Waals surface area contributed by atoms with Gasteiger partial charge in [-0.25, -0.2) is 4.39 Å². The normalized spacial score (nSPS) is 16.8. The Hall–Kier alpha value is -1.94. The van der Waals surface area contributed by atoms with Crippen LogP contribution in [0.2, 0.25) is 0 Å². The fourth-order valence-electron chi connectivity index (χ4n) is 2.12. The number of aliphatic carboxylic acids is 1. The average molecular weight is 393 g/mol. The van der Waals surface area contributed by atoms with Gasteiger partial charge in [-0.2, -0.15) is 13.2 Å². The molecule has 25 heavy (non-hydrogen) atoms. The number of carbonyl (C=O) groups excluding carboxylic acids is 1. The van der Waals surface area contributed by atoms with Crippen LogP contribution in [0.3, 0.4) is 0 Å². The van der Waals surface area contributed by atoms with Crippen LogP contribution in [0.1, 0.15) is 24.0 Å². The maximum Gasteiger partial charge on any atom is 0.417 e. The standard InChI is InChI=1S/C15H11F4NO3S2/c16-9-4-3-8(10(7-9)15(17,18)19)6-11-13(23)20(14(24)25-11)5-1-2-12(21)22/h3-4,6-7H,1-2,5H2,(H,21,22). The van der Waals surface area contributed by atoms with E-state index in [9.17, 15) is 27.2 Å². The van der Waals surface area contributed by atoms with E-state index in [0.29, 0.717) is 6.07 Å². The highest BCUT2D eigenvalue weighted by atomic mass is 32.2. The first-order valence-corrected chi connectivity index (χ1v) is 8.16. The Balaban J connectivity index is 2.27. The van der Waals surface area contributed by atoms with E-state index in [0.717, 1.165) is 34.9 Å². The third kappa shape index (κ3) is 4.79. The number of nitrogens with zero attached hydrogens (tertiary/aromatic N) is 1. The van der Waals surface area contributed by atoms with Crippen LogP contribution >= 0.6 is 24.0 Å². The number of thiocarbonyl (C=S) groups is 1. The van der Waals surface area contributed by atoms with Crippen LogP contribution in [-0.4, -0.2) is 32.7 Å². The summed E-state index contributed by atoms with van der Waals surface area (Å²) in [4.78, 5) is 23.9. The van der Waals surface area contributed by atoms with Crippen molar-refractivity contribution in [3.05, 3.63) is 40.0 Å². The van der Waals surface area contributed by atoms with Crippen molar-refractivity contribution in [2.75, 3.05) is 6.54 Å². The quantitative estimate of drug-likeness (QED) is 0.467. The van der Waals surface area contributed by atoms with Crippen molar-refractivity contribution in [1.29, 1.82) is 0 Å². The summed E-state index contributed by atoms with van der Waals surface area (Å²) in [5.74, 6) is -2.66. The topological polar surface area (TPSA) is 57.6 Å². The van der Waals surface area contributed by atoms with Gasteiger partial charge in [-0.15, -0.1) is 0 Å². The molecule has 0 saturated carbocycles. The van der Waals surface area contributed by atoms with Crippen LogP contribution in [0.25, 0.3) is 6.08 Å². The summed E-state index contributed by atoms with van der Waals surface area (Å²) in [6.45, 7) is 0.0594. The van der Waals surface area contributed by atoms with Gasteiger partial charge in [-0.1, -0.05) is 30.0 Å². The Labute approximate surface area is 149 Å². The first-order valence-electron chi connectivity index (χ1n) is 6.93. The number of hydrogen-bond acceptors (Lipinski definition) is 4. The second-order valence-corrected chi connectivity index (χ2v) is 6.74. The van der Waals surface area contributed by atoms with Gasteiger partial charge in [0.2, 0.25) is 0 Å². The first kappa shape index (κ1) is 19.4. The van der Waals surface area contributed by atoms with Crippen molar-refractivity contribution < 1.29 is 32.3 Å². The number of alkyl halides is 3. The second-order valence-electron chi connectivity index (χ2n) is 5.06. The van der Waals surface area contributed by atoms with E-state index in [2.05, 4.69) is 0 Å². The summed E-state index contributed by atoms with van der Waals surface area (Å²) in [6.07, 6.45) is -3.76. The van der Waals surface area contributed by atoms with E-state index in [1.54, 1.807) is 0 Å². The van der Waals surface area contributed by atoms with Crippen LogP contribution < -0.4 is 0 Å². The molecular formula is C15H11F4NO3S2. The molecule has 1 aliphatic heterocycles. The van der Waals surface area contributed by atoms with Crippen LogP contribution in [0.15, 0.2) is 23.1 Å². The van der Waals surface area contributed by atoms with Gasteiger partial charge >= 0.3 is 12.1 Å². The lowest BCUT2D eigenvalue weighted by molar-refractivity contribution is -0.138. The monoisotopic (exact) mass is 393 g/mol. The van der Waals surface area contributed by atoms with E-state index in [-0.39, 0.29) is 34.2 Å². The predicted molar refractivity (Wildman–Crippen MR) is 88.2 cm³/mol. The number of hydrogen-bond donors (Lipinski definition) is 1. The molecule has 0 aromatic heterocycles. The Morgan fingerprint density at radius 3 is 2.64 bits per heavy atom. The number of halogens is 4. The summed E-state index contributed by atoms with van der Waals surface area (Å²) in [6, 6.07) is 2.17. The molecule has 0 spiro atoms. The van der Waals surface area contributed by atoms with Gasteiger partial charge in [0, 0.05) is 13.0 Å². The third-order valence-electron chi connectivity index (χ3n) is 3.25. The third-order valence-corrected chi connectivity index (χ3v) is 4.63. The number of thioether (sulfide) groups is 1. The summed E-state index contributed by atoms with van der Waals surface area (Å²) in [5, 5.41) is 8.61. The lowest BCUT2D eigenvalue weighted by atomic mass is 10.1. The molecule has 0 aliphatic carbocycles. The largest absolute Gasteiger partial charge is 0.481 e. The van der Waals surface area contributed by atoms with Crippen molar-refractivity contribution in [2.45, 2.75) is 19.0 Å². The first-order chi connectivity index (χ1) is 11.6. The van der Waals surface area contributed by atoms with Crippen LogP contribution in [0.4, 0.5) is 17.6 Å². The van der Waals surface area contributed by atoms with Crippen molar-refractivity contribution in [1.82, 2.24) is 4.90 Å². The number of carboxylic acid groups (broad SMARTS) is 1. The molecule has 0 radical (unpaired) electrons. The minimum absolute atomic E-state index is 0.0302. The van der Waals surface area contributed by atoms with Gasteiger partial charge in [0.25, 0.3) is 5.91 Å². The summed E-state index contributed by atoms with van der Waals surface area (Å²) in [7, 11) is 0. The van der Waals surface area contributed by atoms with E-state index < -0.39 is 29.4 Å². The molecule has 1 N–H and O–H groups in total. The Kier molecular flexibility index (Phi) is 5.83. The molecule has 4 nitrogen and oxygen atoms in total. The molecule has 134 valence electrons. The molecule has 1 amide bonds. The van der Waals surface area contributed by atoms with E-state index in [1.165, 1.54) is 0 Å². The minimum Gasteiger partial charge on any atom is -0.481 e. The molecule has 0 bridgehead atoms. The minimum atomic E-state index is -4.78. The number of carboxylic acids is 1. The zero-order valence-corrected chi connectivity index (χ0v) is 14.1. The summed E-state index contributed by atoms with van der Waals surface area (Å²) >= 11 is 5.83. The fraction of sp³-hybridized carbons (Fsp3) is 0.267. The van der Waals surface area contributed by atoms with Gasteiger partial charge < -0.3 is 5.11 Å². The molecule has 0 atom stereocenters. The SMILES string of the molecule is O=C(O)CCCN1C(=O)C(=Cc2ccc(F)cc2C(F)(F)F)SC1=S. The molecule has 1 aromatic rings. The van der Waals surface area contributed by atoms with Gasteiger partial charge in [-0.3, -0.25) is 14.5 Å². The zero-order valence-electron chi connectivity index (χ0n) is 12.5. The Bertz CT molecular complexity index is 762. The maximum atomic E-state index is 13.1. The molecule has 2 rings (SSSR count). The molecule has 10 heteroatoms. The number of amides is 1. The van der Waals surface area contributed by atoms with Crippen LogP contribution in [-0.2, 0) is 15.8 Å². The van der Waals surface area contributed by atoms with Crippen molar-refractivity contribution >= 4 is 46.3 Å². The predicted octanol–water partition coefficient (Wildman–Crippen LogP) is 3.91. The van der Waals surface area contributed by atoms with Gasteiger partial charge in [0.15, 0.2) is 0 Å². The molecule has 1 aliphatic rings. The molecule has 1 saturated heterocycles. The second kappa shape index (κ2) is 7.52. The van der Waals surface area contributed by atoms with Crippen molar-refractivity contribution in [3.63, 3.8) is 0 Å². The number of rotatable bonds is 5. The molecule has 0 unspecified atom stereocenters. The number of carbonyl (C=O) groups is 2. The maximum absolute atomic E-state index is 13.1. The van der Waals surface area contributed by atoms with Crippen LogP contribution in [0.5, 0.6) is 0 Å². The smallest absolute Gasteiger partial charge is 0.417 e. The molecule has 1 aromatic carbocycles. The van der Waals surface area contributed by atoms with Gasteiger partial charge in [-0.05, 0) is 30.2 Å². The van der Waals surface area contributed by atoms with Crippen LogP contribution in [0, 0.1) is 5.82 Å². The average Bonchev–Trinajstić information content (AvgIpc) is 2.75. The van der Waals surface area contributed by atoms with Crippen molar-refractivity contribution in [3.8, 4) is 0 Å². The molecular weight excluding hydrogens is 382 g/mol. The Morgan fingerprint density at radius 1 is 1.36 bits per heavy atom. The lowest BCUT2D eigenvalue weighted by Gasteiger charge is -2.13. The summed E-state index contributed by atoms with van der Waals surface area (Å²) < 4.78 is 52.3. The van der Waals surface area contributed by atoms with E-state index in [1.807, 2.05) is 0 Å².